The molecule has 7 heteroatoms. The molecular formula is C15H23NO3S3. The molecule has 2 atom stereocenters. The van der Waals surface area contributed by atoms with Crippen LogP contribution in [-0.2, 0) is 14.6 Å². The molecular weight excluding hydrogens is 338 g/mol. The van der Waals surface area contributed by atoms with E-state index in [1.807, 2.05) is 11.4 Å². The van der Waals surface area contributed by atoms with Crippen LogP contribution in [0.25, 0.3) is 0 Å². The minimum Gasteiger partial charge on any atom is -0.348 e. The van der Waals surface area contributed by atoms with Gasteiger partial charge in [0, 0.05) is 10.1 Å². The summed E-state index contributed by atoms with van der Waals surface area (Å²) >= 11 is 3.12. The molecule has 2 unspecified atom stereocenters. The quantitative estimate of drug-likeness (QED) is 0.811. The van der Waals surface area contributed by atoms with E-state index in [2.05, 4.69) is 25.2 Å². The second kappa shape index (κ2) is 7.84. The zero-order valence-electron chi connectivity index (χ0n) is 12.9. The summed E-state index contributed by atoms with van der Waals surface area (Å²) in [6, 6.07) is 4.10. The Balaban J connectivity index is 1.83. The van der Waals surface area contributed by atoms with Crippen LogP contribution in [0.1, 0.15) is 37.6 Å². The van der Waals surface area contributed by atoms with Crippen molar-refractivity contribution in [1.82, 2.24) is 5.32 Å². The predicted molar refractivity (Wildman–Crippen MR) is 94.2 cm³/mol. The molecule has 1 aliphatic rings. The van der Waals surface area contributed by atoms with E-state index in [1.165, 1.54) is 16.6 Å². The molecule has 1 aromatic heterocycles. The molecule has 0 aromatic carbocycles. The van der Waals surface area contributed by atoms with Gasteiger partial charge in [0.2, 0.25) is 5.91 Å². The van der Waals surface area contributed by atoms with Crippen LogP contribution in [0.2, 0.25) is 0 Å². The fourth-order valence-electron chi connectivity index (χ4n) is 2.53. The number of hydrogen-bond acceptors (Lipinski definition) is 5. The van der Waals surface area contributed by atoms with Gasteiger partial charge in [-0.3, -0.25) is 4.79 Å². The monoisotopic (exact) mass is 361 g/mol. The summed E-state index contributed by atoms with van der Waals surface area (Å²) in [6.45, 7) is 4.29. The van der Waals surface area contributed by atoms with Gasteiger partial charge in [-0.25, -0.2) is 8.42 Å². The van der Waals surface area contributed by atoms with Gasteiger partial charge in [-0.15, -0.1) is 23.1 Å². The maximum absolute atomic E-state index is 12.2. The highest BCUT2D eigenvalue weighted by Crippen LogP contribution is 2.27. The average Bonchev–Trinajstić information content (AvgIpc) is 3.04. The van der Waals surface area contributed by atoms with E-state index in [-0.39, 0.29) is 28.7 Å². The first-order valence-electron chi connectivity index (χ1n) is 7.50. The fraction of sp³-hybridized carbons (Fsp3) is 0.667. The van der Waals surface area contributed by atoms with Crippen molar-refractivity contribution >= 4 is 38.8 Å². The topological polar surface area (TPSA) is 63.2 Å². The largest absolute Gasteiger partial charge is 0.348 e. The summed E-state index contributed by atoms with van der Waals surface area (Å²) < 4.78 is 22.9. The number of sulfone groups is 1. The van der Waals surface area contributed by atoms with Crippen LogP contribution in [0.3, 0.4) is 0 Å². The number of thiophene rings is 1. The zero-order chi connectivity index (χ0) is 16.2. The van der Waals surface area contributed by atoms with Crippen molar-refractivity contribution in [3.8, 4) is 0 Å². The van der Waals surface area contributed by atoms with Crippen molar-refractivity contribution in [2.24, 2.45) is 5.92 Å². The van der Waals surface area contributed by atoms with E-state index in [0.717, 1.165) is 6.42 Å². The van der Waals surface area contributed by atoms with E-state index < -0.39 is 9.84 Å². The van der Waals surface area contributed by atoms with Crippen LogP contribution in [0.4, 0.5) is 0 Å². The van der Waals surface area contributed by atoms with Gasteiger partial charge >= 0.3 is 0 Å². The summed E-state index contributed by atoms with van der Waals surface area (Å²) in [6.07, 6.45) is 1.58. The number of nitrogens with one attached hydrogen (secondary N) is 1. The van der Waals surface area contributed by atoms with Crippen LogP contribution < -0.4 is 5.32 Å². The van der Waals surface area contributed by atoms with Crippen molar-refractivity contribution in [3.05, 3.63) is 22.4 Å². The van der Waals surface area contributed by atoms with Gasteiger partial charge in [-0.1, -0.05) is 19.9 Å². The molecule has 1 fully saturated rings. The average molecular weight is 362 g/mol. The van der Waals surface area contributed by atoms with Crippen molar-refractivity contribution < 1.29 is 13.2 Å². The van der Waals surface area contributed by atoms with Crippen molar-refractivity contribution in [3.63, 3.8) is 0 Å². The number of rotatable bonds is 7. The fourth-order valence-corrected chi connectivity index (χ4v) is 6.77. The highest BCUT2D eigenvalue weighted by atomic mass is 32.2. The molecule has 22 heavy (non-hydrogen) atoms. The standard InChI is InChI=1S/C15H23NO3S3/c1-11(2)8-13(14-4-3-6-20-14)16-15(17)9-21-12-5-7-22(18,19)10-12/h3-4,6,11-13H,5,7-10H2,1-2H3,(H,16,17). The smallest absolute Gasteiger partial charge is 0.230 e. The molecule has 124 valence electrons. The van der Waals surface area contributed by atoms with Crippen LogP contribution >= 0.6 is 23.1 Å². The molecule has 0 radical (unpaired) electrons. The number of carbonyl (C=O) groups is 1. The molecule has 0 aliphatic carbocycles. The lowest BCUT2D eigenvalue weighted by atomic mass is 10.0. The summed E-state index contributed by atoms with van der Waals surface area (Å²) in [5, 5.41) is 5.19. The minimum atomic E-state index is -2.87. The number of hydrogen-bond donors (Lipinski definition) is 1. The maximum atomic E-state index is 12.2. The molecule has 1 amide bonds. The SMILES string of the molecule is CC(C)CC(NC(=O)CSC1CCS(=O)(=O)C1)c1cccs1. The van der Waals surface area contributed by atoms with E-state index in [9.17, 15) is 13.2 Å². The zero-order valence-corrected chi connectivity index (χ0v) is 15.4. The lowest BCUT2D eigenvalue weighted by Crippen LogP contribution is -2.31. The van der Waals surface area contributed by atoms with Gasteiger partial charge in [0.15, 0.2) is 9.84 Å². The lowest BCUT2D eigenvalue weighted by molar-refractivity contribution is -0.119. The van der Waals surface area contributed by atoms with Gasteiger partial charge in [-0.05, 0) is 30.2 Å². The predicted octanol–water partition coefficient (Wildman–Crippen LogP) is 2.87. The first-order chi connectivity index (χ1) is 10.4. The summed E-state index contributed by atoms with van der Waals surface area (Å²) in [4.78, 5) is 13.3. The Hall–Kier alpha value is -0.530. The van der Waals surface area contributed by atoms with Crippen LogP contribution in [0, 0.1) is 5.92 Å². The second-order valence-electron chi connectivity index (χ2n) is 6.10. The Labute approximate surface area is 141 Å². The summed E-state index contributed by atoms with van der Waals surface area (Å²) in [5.74, 6) is 1.30. The lowest BCUT2D eigenvalue weighted by Gasteiger charge is -2.20. The summed E-state index contributed by atoms with van der Waals surface area (Å²) in [7, 11) is -2.87. The molecule has 4 nitrogen and oxygen atoms in total. The highest BCUT2D eigenvalue weighted by Gasteiger charge is 2.28. The first kappa shape index (κ1) is 17.8. The summed E-state index contributed by atoms with van der Waals surface area (Å²) in [5.41, 5.74) is 0. The Bertz CT molecular complexity index is 581. The van der Waals surface area contributed by atoms with Crippen LogP contribution in [-0.4, -0.2) is 36.8 Å². The van der Waals surface area contributed by atoms with Gasteiger partial charge < -0.3 is 5.32 Å². The molecule has 2 heterocycles. The van der Waals surface area contributed by atoms with E-state index in [4.69, 9.17) is 0 Å². The van der Waals surface area contributed by atoms with E-state index in [0.29, 0.717) is 18.1 Å². The maximum Gasteiger partial charge on any atom is 0.230 e. The normalized spacial score (nSPS) is 21.9. The third kappa shape index (κ3) is 5.59. The van der Waals surface area contributed by atoms with E-state index in [1.54, 1.807) is 11.3 Å². The molecule has 0 saturated carbocycles. The number of carbonyl (C=O) groups excluding carboxylic acids is 1. The Morgan fingerprint density at radius 2 is 2.27 bits per heavy atom. The number of thioether (sulfide) groups is 1. The molecule has 0 spiro atoms. The second-order valence-corrected chi connectivity index (χ2v) is 10.6. The van der Waals surface area contributed by atoms with Crippen LogP contribution in [0.15, 0.2) is 17.5 Å². The molecule has 2 rings (SSSR count). The van der Waals surface area contributed by atoms with Crippen molar-refractivity contribution in [1.29, 1.82) is 0 Å². The Morgan fingerprint density at radius 3 is 2.82 bits per heavy atom. The molecule has 0 bridgehead atoms. The number of amides is 1. The highest BCUT2D eigenvalue weighted by molar-refractivity contribution is 8.02. The molecule has 1 saturated heterocycles. The van der Waals surface area contributed by atoms with Gasteiger partial charge in [-0.2, -0.15) is 0 Å². The van der Waals surface area contributed by atoms with E-state index >= 15 is 0 Å². The third-order valence-corrected chi connectivity index (χ3v) is 7.84. The Morgan fingerprint density at radius 1 is 1.50 bits per heavy atom. The molecule has 1 aliphatic heterocycles. The van der Waals surface area contributed by atoms with Gasteiger partial charge in [0.05, 0.1) is 23.3 Å². The third-order valence-electron chi connectivity index (χ3n) is 3.57. The molecule has 1 aromatic rings. The van der Waals surface area contributed by atoms with Crippen molar-refractivity contribution in [2.45, 2.75) is 38.0 Å². The van der Waals surface area contributed by atoms with Crippen molar-refractivity contribution in [2.75, 3.05) is 17.3 Å². The first-order valence-corrected chi connectivity index (χ1v) is 11.3. The molecule has 1 N–H and O–H groups in total. The van der Waals surface area contributed by atoms with Gasteiger partial charge in [0.1, 0.15) is 0 Å². The van der Waals surface area contributed by atoms with Crippen LogP contribution in [0.5, 0.6) is 0 Å². The Kier molecular flexibility index (Phi) is 6.35. The minimum absolute atomic E-state index is 0.00616. The van der Waals surface area contributed by atoms with Gasteiger partial charge in [0.25, 0.3) is 0 Å².